The first-order chi connectivity index (χ1) is 1.41. The van der Waals surface area contributed by atoms with Crippen LogP contribution in [0.4, 0.5) is 0 Å². The summed E-state index contributed by atoms with van der Waals surface area (Å²) < 4.78 is 0. The molecule has 0 N–H and O–H groups in total. The van der Waals surface area contributed by atoms with Crippen molar-refractivity contribution in [2.24, 2.45) is 0 Å². The van der Waals surface area contributed by atoms with Crippen LogP contribution < -0.4 is 17.5 Å². The molecule has 26 valence electrons. The minimum absolute atomic E-state index is 0. The zero-order valence-corrected chi connectivity index (χ0v) is 4.65. The maximum atomic E-state index is 8.25. The number of hydrogen-bond acceptors (Lipinski definition) is 2. The fourth-order valence-electron chi connectivity index (χ4n) is 0. The van der Waals surface area contributed by atoms with E-state index in [0.717, 1.165) is 0 Å². The van der Waals surface area contributed by atoms with Crippen LogP contribution in [0.1, 0.15) is 0 Å². The minimum atomic E-state index is -0.500. The van der Waals surface area contributed by atoms with Gasteiger partial charge in [0.05, 0.1) is 0 Å². The van der Waals surface area contributed by atoms with Crippen LogP contribution in [-0.2, 0) is 4.79 Å². The molecular weight excluding hydrogens is 104 g/mol. The summed E-state index contributed by atoms with van der Waals surface area (Å²) in [5, 5.41) is 8.25. The second kappa shape index (κ2) is 24.2. The SMILES string of the molecule is O=C[O-].[Cl-].[Mg+2]. The molecule has 0 unspecified atom stereocenters. The first-order valence-electron chi connectivity index (χ1n) is 0.471. The van der Waals surface area contributed by atoms with Gasteiger partial charge in [-0.3, -0.25) is 0 Å². The molecule has 2 nitrogen and oxygen atoms in total. The maximum Gasteiger partial charge on any atom is 2.00 e. The zero-order valence-electron chi connectivity index (χ0n) is 2.48. The molecule has 4 heteroatoms. The molecule has 5 heavy (non-hydrogen) atoms. The van der Waals surface area contributed by atoms with E-state index in [1.54, 1.807) is 0 Å². The van der Waals surface area contributed by atoms with E-state index in [1.165, 1.54) is 0 Å². The normalized spacial score (nSPS) is 2.40. The van der Waals surface area contributed by atoms with Crippen molar-refractivity contribution < 1.29 is 22.3 Å². The summed E-state index contributed by atoms with van der Waals surface area (Å²) in [7, 11) is 0. The molecule has 0 amide bonds. The van der Waals surface area contributed by atoms with Crippen LogP contribution in [0.5, 0.6) is 0 Å². The van der Waals surface area contributed by atoms with E-state index < -0.39 is 6.47 Å². The molecule has 0 fully saturated rings. The van der Waals surface area contributed by atoms with Crippen LogP contribution in [0, 0.1) is 0 Å². The number of hydrogen-bond donors (Lipinski definition) is 0. The van der Waals surface area contributed by atoms with Crippen molar-refractivity contribution >= 4 is 29.5 Å². The Balaban J connectivity index is -0.0000000200. The number of carbonyl (C=O) groups excluding carboxylic acids is 1. The summed E-state index contributed by atoms with van der Waals surface area (Å²) in [6.45, 7) is -0.500. The predicted molar refractivity (Wildman–Crippen MR) is 11.8 cm³/mol. The molecule has 0 aliphatic rings. The molecular formula is CHClMgO2. The van der Waals surface area contributed by atoms with Gasteiger partial charge < -0.3 is 22.3 Å². The summed E-state index contributed by atoms with van der Waals surface area (Å²) in [6, 6.07) is 0. The van der Waals surface area contributed by atoms with Gasteiger partial charge in [0.25, 0.3) is 0 Å². The average molecular weight is 105 g/mol. The molecule has 0 bridgehead atoms. The third kappa shape index (κ3) is 104. The van der Waals surface area contributed by atoms with Gasteiger partial charge in [-0.25, -0.2) is 0 Å². The van der Waals surface area contributed by atoms with Crippen molar-refractivity contribution in [3.63, 3.8) is 0 Å². The Kier molecular flexibility index (Phi) is 85.7. The Hall–Kier alpha value is 0.526. The van der Waals surface area contributed by atoms with Gasteiger partial charge in [0.15, 0.2) is 0 Å². The standard InChI is InChI=1S/CH2O2.ClH.Mg/c2-1-3;;/h1H,(H,2,3);1H;/q;;+2/p-2. The second-order valence-electron chi connectivity index (χ2n) is 0.0962. The van der Waals surface area contributed by atoms with Crippen molar-refractivity contribution in [3.8, 4) is 0 Å². The molecule has 0 aromatic carbocycles. The van der Waals surface area contributed by atoms with Gasteiger partial charge in [0, 0.05) is 6.47 Å². The molecule has 0 radical (unpaired) electrons. The molecule has 0 saturated carbocycles. The van der Waals surface area contributed by atoms with Gasteiger partial charge in [0.1, 0.15) is 0 Å². The minimum Gasteiger partial charge on any atom is -1.00 e. The van der Waals surface area contributed by atoms with E-state index in [0.29, 0.717) is 0 Å². The molecule has 0 spiro atoms. The second-order valence-corrected chi connectivity index (χ2v) is 0.0962. The van der Waals surface area contributed by atoms with Gasteiger partial charge in [-0.15, -0.1) is 0 Å². The van der Waals surface area contributed by atoms with Crippen molar-refractivity contribution in [3.05, 3.63) is 0 Å². The Labute approximate surface area is 52.1 Å². The maximum absolute atomic E-state index is 8.25. The summed E-state index contributed by atoms with van der Waals surface area (Å²) in [4.78, 5) is 8.25. The Morgan fingerprint density at radius 1 is 1.60 bits per heavy atom. The number of halogens is 1. The van der Waals surface area contributed by atoms with E-state index >= 15 is 0 Å². The summed E-state index contributed by atoms with van der Waals surface area (Å²) in [6.07, 6.45) is 0. The Morgan fingerprint density at radius 3 is 1.60 bits per heavy atom. The molecule has 0 aliphatic heterocycles. The van der Waals surface area contributed by atoms with Crippen molar-refractivity contribution in [1.29, 1.82) is 0 Å². The summed E-state index contributed by atoms with van der Waals surface area (Å²) >= 11 is 0. The topological polar surface area (TPSA) is 40.1 Å². The van der Waals surface area contributed by atoms with Crippen molar-refractivity contribution in [2.45, 2.75) is 0 Å². The summed E-state index contributed by atoms with van der Waals surface area (Å²) in [5.41, 5.74) is 0. The van der Waals surface area contributed by atoms with Crippen molar-refractivity contribution in [1.82, 2.24) is 0 Å². The fourth-order valence-corrected chi connectivity index (χ4v) is 0. The fraction of sp³-hybridized carbons (Fsp3) is 0. The molecule has 0 atom stereocenters. The molecule has 0 rings (SSSR count). The van der Waals surface area contributed by atoms with Gasteiger partial charge >= 0.3 is 23.1 Å². The average Bonchev–Trinajstić information content (AvgIpc) is 0.918. The number of carbonyl (C=O) groups is 1. The molecule has 0 aromatic rings. The van der Waals surface area contributed by atoms with Crippen LogP contribution in [0.15, 0.2) is 0 Å². The van der Waals surface area contributed by atoms with Gasteiger partial charge in [-0.2, -0.15) is 0 Å². The van der Waals surface area contributed by atoms with Crippen LogP contribution in [0.3, 0.4) is 0 Å². The molecule has 0 aliphatic carbocycles. The van der Waals surface area contributed by atoms with Crippen LogP contribution in [0.25, 0.3) is 0 Å². The van der Waals surface area contributed by atoms with E-state index in [1.807, 2.05) is 0 Å². The predicted octanol–water partition coefficient (Wildman–Crippen LogP) is -5.01. The Bertz CT molecular complexity index is 17.1. The smallest absolute Gasteiger partial charge is 1.00 e. The first kappa shape index (κ1) is 17.7. The monoisotopic (exact) mass is 104 g/mol. The van der Waals surface area contributed by atoms with E-state index in [-0.39, 0.29) is 35.5 Å². The quantitative estimate of drug-likeness (QED) is 0.228. The van der Waals surface area contributed by atoms with Crippen LogP contribution in [0.2, 0.25) is 0 Å². The van der Waals surface area contributed by atoms with Gasteiger partial charge in [0.2, 0.25) is 0 Å². The van der Waals surface area contributed by atoms with Gasteiger partial charge in [-0.1, -0.05) is 0 Å². The van der Waals surface area contributed by atoms with Crippen molar-refractivity contribution in [2.75, 3.05) is 0 Å². The first-order valence-corrected chi connectivity index (χ1v) is 0.471. The van der Waals surface area contributed by atoms with E-state index in [9.17, 15) is 0 Å². The molecule has 0 heterocycles. The molecule has 0 aromatic heterocycles. The molecule has 0 saturated heterocycles. The van der Waals surface area contributed by atoms with Crippen LogP contribution in [-0.4, -0.2) is 29.5 Å². The largest absolute Gasteiger partial charge is 2.00 e. The van der Waals surface area contributed by atoms with Crippen LogP contribution >= 0.6 is 0 Å². The van der Waals surface area contributed by atoms with E-state index in [2.05, 4.69) is 0 Å². The Morgan fingerprint density at radius 2 is 1.60 bits per heavy atom. The number of carboxylic acid groups (broad SMARTS) is 1. The summed E-state index contributed by atoms with van der Waals surface area (Å²) in [5.74, 6) is 0. The zero-order chi connectivity index (χ0) is 2.71. The van der Waals surface area contributed by atoms with E-state index in [4.69, 9.17) is 9.90 Å². The third-order valence-corrected chi connectivity index (χ3v) is 0. The van der Waals surface area contributed by atoms with Gasteiger partial charge in [-0.05, 0) is 0 Å². The third-order valence-electron chi connectivity index (χ3n) is 0. The number of rotatable bonds is 0.